The Morgan fingerprint density at radius 1 is 0.971 bits per heavy atom. The molecule has 0 bridgehead atoms. The van der Waals surface area contributed by atoms with Crippen molar-refractivity contribution in [2.45, 2.75) is 18.1 Å². The van der Waals surface area contributed by atoms with Gasteiger partial charge in [-0.15, -0.1) is 0 Å². The quantitative estimate of drug-likeness (QED) is 0.383. The number of aromatic amines is 1. The number of nitrogens with zero attached hydrogens (tertiary/aromatic N) is 2. The van der Waals surface area contributed by atoms with E-state index in [9.17, 15) is 9.59 Å². The van der Waals surface area contributed by atoms with E-state index in [-0.39, 0.29) is 18.2 Å². The third-order valence-electron chi connectivity index (χ3n) is 5.71. The summed E-state index contributed by atoms with van der Waals surface area (Å²) >= 11 is 1.36. The van der Waals surface area contributed by atoms with Gasteiger partial charge in [0.15, 0.2) is 5.17 Å². The Kier molecular flexibility index (Phi) is 6.44. The molecule has 7 heteroatoms. The first-order valence-electron chi connectivity index (χ1n) is 11.2. The van der Waals surface area contributed by atoms with Crippen LogP contribution in [0, 0.1) is 0 Å². The Morgan fingerprint density at radius 3 is 2.47 bits per heavy atom. The van der Waals surface area contributed by atoms with Crippen LogP contribution in [0.2, 0.25) is 0 Å². The minimum Gasteiger partial charge on any atom is -0.361 e. The van der Waals surface area contributed by atoms with E-state index in [0.717, 1.165) is 27.8 Å². The van der Waals surface area contributed by atoms with Crippen LogP contribution in [0.5, 0.6) is 0 Å². The maximum atomic E-state index is 13.4. The van der Waals surface area contributed by atoms with Gasteiger partial charge >= 0.3 is 0 Å². The second kappa shape index (κ2) is 9.97. The second-order valence-corrected chi connectivity index (χ2v) is 9.22. The van der Waals surface area contributed by atoms with Gasteiger partial charge in [0.1, 0.15) is 5.25 Å². The molecule has 1 aromatic heterocycles. The van der Waals surface area contributed by atoms with Crippen LogP contribution in [-0.4, -0.2) is 38.7 Å². The molecule has 4 aromatic rings. The second-order valence-electron chi connectivity index (χ2n) is 8.05. The van der Waals surface area contributed by atoms with E-state index in [2.05, 4.69) is 16.4 Å². The van der Waals surface area contributed by atoms with Gasteiger partial charge in [-0.05, 0) is 42.3 Å². The number of hydrogen-bond acceptors (Lipinski definition) is 4. The predicted octanol–water partition coefficient (Wildman–Crippen LogP) is 5.37. The van der Waals surface area contributed by atoms with Gasteiger partial charge in [-0.25, -0.2) is 4.99 Å². The molecule has 6 nitrogen and oxygen atoms in total. The lowest BCUT2D eigenvalue weighted by atomic mass is 10.1. The first kappa shape index (κ1) is 22.0. The molecule has 0 aliphatic carbocycles. The van der Waals surface area contributed by atoms with Gasteiger partial charge in [-0.1, -0.05) is 66.4 Å². The van der Waals surface area contributed by atoms with Gasteiger partial charge in [-0.3, -0.25) is 14.5 Å². The summed E-state index contributed by atoms with van der Waals surface area (Å²) in [6.07, 6.45) is 2.78. The van der Waals surface area contributed by atoms with Crippen LogP contribution < -0.4 is 5.32 Å². The van der Waals surface area contributed by atoms with Crippen molar-refractivity contribution < 1.29 is 9.59 Å². The van der Waals surface area contributed by atoms with E-state index in [1.54, 1.807) is 4.90 Å². The molecule has 34 heavy (non-hydrogen) atoms. The van der Waals surface area contributed by atoms with Gasteiger partial charge < -0.3 is 10.3 Å². The van der Waals surface area contributed by atoms with E-state index in [0.29, 0.717) is 18.1 Å². The van der Waals surface area contributed by atoms with E-state index in [1.165, 1.54) is 11.8 Å². The molecule has 1 saturated heterocycles. The molecule has 2 amide bonds. The zero-order chi connectivity index (χ0) is 23.3. The van der Waals surface area contributed by atoms with Crippen molar-refractivity contribution in [2.24, 2.45) is 4.99 Å². The molecule has 1 fully saturated rings. The standard InChI is InChI=1S/C27H24N4O2S/c32-25(29-20-9-3-1-4-10-20)17-24-26(33)31(27(34-24)30-21-11-5-2-6-12-21)16-15-19-18-28-23-14-8-7-13-22(19)23/h1-14,18,24,28H,15-17H2,(H,29,32)/t24-/m1/s1. The van der Waals surface area contributed by atoms with Crippen molar-refractivity contribution in [1.29, 1.82) is 0 Å². The Morgan fingerprint density at radius 2 is 1.68 bits per heavy atom. The number of benzene rings is 3. The fourth-order valence-electron chi connectivity index (χ4n) is 4.02. The third-order valence-corrected chi connectivity index (χ3v) is 6.88. The largest absolute Gasteiger partial charge is 0.361 e. The molecule has 1 atom stereocenters. The molecule has 2 N–H and O–H groups in total. The Hall–Kier alpha value is -3.84. The molecule has 3 aromatic carbocycles. The van der Waals surface area contributed by atoms with Crippen LogP contribution in [0.4, 0.5) is 11.4 Å². The average molecular weight is 469 g/mol. The number of aromatic nitrogens is 1. The van der Waals surface area contributed by atoms with Crippen LogP contribution in [0.1, 0.15) is 12.0 Å². The summed E-state index contributed by atoms with van der Waals surface area (Å²) in [5.41, 5.74) is 3.73. The summed E-state index contributed by atoms with van der Waals surface area (Å²) in [7, 11) is 0. The minimum absolute atomic E-state index is 0.0808. The zero-order valence-electron chi connectivity index (χ0n) is 18.5. The van der Waals surface area contributed by atoms with Crippen LogP contribution in [-0.2, 0) is 16.0 Å². The van der Waals surface area contributed by atoms with Crippen molar-refractivity contribution in [3.8, 4) is 0 Å². The summed E-state index contributed by atoms with van der Waals surface area (Å²) in [5.74, 6) is -0.266. The lowest BCUT2D eigenvalue weighted by molar-refractivity contribution is -0.128. The smallest absolute Gasteiger partial charge is 0.242 e. The van der Waals surface area contributed by atoms with Gasteiger partial charge in [0.05, 0.1) is 5.69 Å². The van der Waals surface area contributed by atoms with E-state index in [1.807, 2.05) is 85.1 Å². The number of H-pyrrole nitrogens is 1. The number of aliphatic imine (C=N–C) groups is 1. The molecule has 0 saturated carbocycles. The lowest BCUT2D eigenvalue weighted by Crippen LogP contribution is -2.35. The van der Waals surface area contributed by atoms with E-state index < -0.39 is 5.25 Å². The molecule has 170 valence electrons. The monoisotopic (exact) mass is 468 g/mol. The number of para-hydroxylation sites is 3. The lowest BCUT2D eigenvalue weighted by Gasteiger charge is -2.16. The highest BCUT2D eigenvalue weighted by Crippen LogP contribution is 2.32. The number of rotatable bonds is 7. The maximum Gasteiger partial charge on any atom is 0.242 e. The Bertz CT molecular complexity index is 1330. The number of fused-ring (bicyclic) bond motifs is 1. The van der Waals surface area contributed by atoms with Crippen LogP contribution in [0.15, 0.2) is 96.1 Å². The highest BCUT2D eigenvalue weighted by molar-refractivity contribution is 8.15. The average Bonchev–Trinajstić information content (AvgIpc) is 3.39. The number of carbonyl (C=O) groups excluding carboxylic acids is 2. The minimum atomic E-state index is -0.505. The van der Waals surface area contributed by atoms with Gasteiger partial charge in [0.2, 0.25) is 11.8 Å². The molecular weight excluding hydrogens is 444 g/mol. The fourth-order valence-corrected chi connectivity index (χ4v) is 5.20. The summed E-state index contributed by atoms with van der Waals surface area (Å²) < 4.78 is 0. The number of nitrogens with one attached hydrogen (secondary N) is 2. The van der Waals surface area contributed by atoms with Gasteiger partial charge in [0.25, 0.3) is 0 Å². The molecule has 5 rings (SSSR count). The van der Waals surface area contributed by atoms with Crippen LogP contribution >= 0.6 is 11.8 Å². The predicted molar refractivity (Wildman–Crippen MR) is 138 cm³/mol. The van der Waals surface area contributed by atoms with Crippen molar-refractivity contribution in [3.05, 3.63) is 96.7 Å². The van der Waals surface area contributed by atoms with Crippen molar-refractivity contribution in [3.63, 3.8) is 0 Å². The van der Waals surface area contributed by atoms with E-state index in [4.69, 9.17) is 4.99 Å². The molecule has 2 heterocycles. The zero-order valence-corrected chi connectivity index (χ0v) is 19.3. The first-order chi connectivity index (χ1) is 16.7. The van der Waals surface area contributed by atoms with Crippen LogP contribution in [0.3, 0.4) is 0 Å². The Balaban J connectivity index is 1.34. The molecule has 0 unspecified atom stereocenters. The Labute approximate surface area is 202 Å². The highest BCUT2D eigenvalue weighted by atomic mass is 32.2. The van der Waals surface area contributed by atoms with Gasteiger partial charge in [0, 0.05) is 35.8 Å². The van der Waals surface area contributed by atoms with Gasteiger partial charge in [-0.2, -0.15) is 0 Å². The van der Waals surface area contributed by atoms with Crippen molar-refractivity contribution >= 4 is 51.0 Å². The molecule has 1 aliphatic rings. The van der Waals surface area contributed by atoms with E-state index >= 15 is 0 Å². The van der Waals surface area contributed by atoms with Crippen molar-refractivity contribution in [1.82, 2.24) is 9.88 Å². The summed E-state index contributed by atoms with van der Waals surface area (Å²) in [4.78, 5) is 35.7. The molecular formula is C27H24N4O2S. The number of hydrogen-bond donors (Lipinski definition) is 2. The van der Waals surface area contributed by atoms with Crippen molar-refractivity contribution in [2.75, 3.05) is 11.9 Å². The number of amidine groups is 1. The molecule has 1 aliphatic heterocycles. The highest BCUT2D eigenvalue weighted by Gasteiger charge is 2.39. The SMILES string of the molecule is O=C(C[C@H]1SC(=Nc2ccccc2)N(CCc2c[nH]c3ccccc23)C1=O)Nc1ccccc1. The number of thioether (sulfide) groups is 1. The first-order valence-corrected chi connectivity index (χ1v) is 12.1. The topological polar surface area (TPSA) is 77.6 Å². The normalized spacial score (nSPS) is 16.9. The molecule has 0 radical (unpaired) electrons. The number of carbonyl (C=O) groups is 2. The van der Waals surface area contributed by atoms with Crippen LogP contribution in [0.25, 0.3) is 10.9 Å². The summed E-state index contributed by atoms with van der Waals surface area (Å²) in [6, 6.07) is 27.0. The molecule has 0 spiro atoms. The maximum absolute atomic E-state index is 13.4. The summed E-state index contributed by atoms with van der Waals surface area (Å²) in [6.45, 7) is 0.496. The number of amides is 2. The summed E-state index contributed by atoms with van der Waals surface area (Å²) in [5, 5.41) is 4.16. The number of anilines is 1. The fraction of sp³-hybridized carbons (Fsp3) is 0.148. The third kappa shape index (κ3) is 4.89.